The fraction of sp³-hybridized carbons (Fsp3) is 0.300. The summed E-state index contributed by atoms with van der Waals surface area (Å²) < 4.78 is 0. The maximum absolute atomic E-state index is 3.79. The van der Waals surface area contributed by atoms with Gasteiger partial charge in [0.1, 0.15) is 0 Å². The minimum Gasteiger partial charge on any atom is -0.0985 e. The smallest absolute Gasteiger partial charge is 0.00867 e. The molecule has 2 rings (SSSR count). The third-order valence-electron chi connectivity index (χ3n) is 3.46. The van der Waals surface area contributed by atoms with E-state index in [9.17, 15) is 0 Å². The van der Waals surface area contributed by atoms with Gasteiger partial charge < -0.3 is 0 Å². The average Bonchev–Trinajstić information content (AvgIpc) is 2.52. The van der Waals surface area contributed by atoms with Crippen molar-refractivity contribution in [2.24, 2.45) is 0 Å². The van der Waals surface area contributed by atoms with Crippen LogP contribution >= 0.6 is 0 Å². The summed E-state index contributed by atoms with van der Waals surface area (Å²) in [5, 5.41) is 0. The molecule has 0 heterocycles. The molecular weight excluding hydrogens is 240 g/mol. The largest absolute Gasteiger partial charge is 0.0985 e. The molecule has 0 aliphatic heterocycles. The van der Waals surface area contributed by atoms with Crippen molar-refractivity contribution in [2.45, 2.75) is 40.0 Å². The third kappa shape index (κ3) is 4.09. The summed E-state index contributed by atoms with van der Waals surface area (Å²) in [5.74, 6) is 0.490. The first-order valence-corrected chi connectivity index (χ1v) is 7.53. The zero-order valence-electron chi connectivity index (χ0n) is 13.2. The maximum Gasteiger partial charge on any atom is 0.00867 e. The van der Waals surface area contributed by atoms with Crippen LogP contribution in [0.4, 0.5) is 0 Å². The monoisotopic (exact) mass is 266 g/mol. The van der Waals surface area contributed by atoms with Gasteiger partial charge in [0.2, 0.25) is 0 Å². The van der Waals surface area contributed by atoms with E-state index in [-0.39, 0.29) is 0 Å². The van der Waals surface area contributed by atoms with Gasteiger partial charge in [0, 0.05) is 5.92 Å². The molecule has 0 saturated heterocycles. The van der Waals surface area contributed by atoms with Gasteiger partial charge in [0.25, 0.3) is 0 Å². The summed E-state index contributed by atoms with van der Waals surface area (Å²) in [5.41, 5.74) is 5.27. The van der Waals surface area contributed by atoms with Gasteiger partial charge in [-0.2, -0.15) is 0 Å². The molecular formula is C20H26. The number of hydrogen-bond donors (Lipinski definition) is 0. The Morgan fingerprint density at radius 1 is 0.900 bits per heavy atom. The van der Waals surface area contributed by atoms with E-state index in [4.69, 9.17) is 0 Å². The molecule has 0 heteroatoms. The Balaban J connectivity index is 0.000000956. The molecule has 2 aromatic carbocycles. The van der Waals surface area contributed by atoms with Crippen LogP contribution in [0.3, 0.4) is 0 Å². The van der Waals surface area contributed by atoms with Gasteiger partial charge in [-0.25, -0.2) is 0 Å². The van der Waals surface area contributed by atoms with Crippen LogP contribution in [-0.2, 0) is 0 Å². The van der Waals surface area contributed by atoms with Gasteiger partial charge in [0.15, 0.2) is 0 Å². The van der Waals surface area contributed by atoms with Crippen molar-refractivity contribution >= 4 is 6.08 Å². The number of hydrogen-bond acceptors (Lipinski definition) is 0. The highest BCUT2D eigenvalue weighted by molar-refractivity contribution is 5.48. The Kier molecular flexibility index (Phi) is 6.79. The molecule has 0 fully saturated rings. The van der Waals surface area contributed by atoms with Gasteiger partial charge in [-0.3, -0.25) is 0 Å². The normalized spacial score (nSPS) is 11.2. The summed E-state index contributed by atoms with van der Waals surface area (Å²) in [6.07, 6.45) is 3.01. The molecule has 0 spiro atoms. The fourth-order valence-corrected chi connectivity index (χ4v) is 2.33. The number of aryl methyl sites for hydroxylation is 1. The molecule has 2 aromatic rings. The highest BCUT2D eigenvalue weighted by Gasteiger charge is 2.11. The molecule has 0 aliphatic rings. The summed E-state index contributed by atoms with van der Waals surface area (Å²) in [6.45, 7) is 12.2. The molecule has 20 heavy (non-hydrogen) atoms. The van der Waals surface area contributed by atoms with Crippen molar-refractivity contribution in [3.05, 3.63) is 77.4 Å². The first-order chi connectivity index (χ1) is 9.74. The Morgan fingerprint density at radius 2 is 1.35 bits per heavy atom. The molecule has 0 radical (unpaired) electrons. The van der Waals surface area contributed by atoms with E-state index in [1.165, 1.54) is 22.3 Å². The van der Waals surface area contributed by atoms with Crippen LogP contribution in [0.2, 0.25) is 0 Å². The first-order valence-electron chi connectivity index (χ1n) is 7.53. The van der Waals surface area contributed by atoms with Gasteiger partial charge >= 0.3 is 0 Å². The molecule has 0 nitrogen and oxygen atoms in total. The second-order valence-electron chi connectivity index (χ2n) is 4.74. The van der Waals surface area contributed by atoms with Gasteiger partial charge in [0.05, 0.1) is 0 Å². The zero-order valence-corrected chi connectivity index (χ0v) is 13.2. The van der Waals surface area contributed by atoms with Crippen molar-refractivity contribution in [1.29, 1.82) is 0 Å². The summed E-state index contributed by atoms with van der Waals surface area (Å²) in [7, 11) is 0. The fourth-order valence-electron chi connectivity index (χ4n) is 2.33. The van der Waals surface area contributed by atoms with E-state index in [1.807, 2.05) is 19.9 Å². The third-order valence-corrected chi connectivity index (χ3v) is 3.46. The van der Waals surface area contributed by atoms with Gasteiger partial charge in [-0.15, -0.1) is 0 Å². The summed E-state index contributed by atoms with van der Waals surface area (Å²) in [4.78, 5) is 0. The zero-order chi connectivity index (χ0) is 15.0. The second-order valence-corrected chi connectivity index (χ2v) is 4.74. The van der Waals surface area contributed by atoms with E-state index in [0.29, 0.717) is 5.92 Å². The van der Waals surface area contributed by atoms with Crippen LogP contribution in [0.25, 0.3) is 6.08 Å². The lowest BCUT2D eigenvalue weighted by Gasteiger charge is -2.16. The molecule has 106 valence electrons. The van der Waals surface area contributed by atoms with Crippen LogP contribution in [0.1, 0.15) is 55.4 Å². The lowest BCUT2D eigenvalue weighted by atomic mass is 9.88. The molecule has 0 N–H and O–H groups in total. The SMILES string of the molecule is C=Cc1ccc(C(CC)c2ccc(C)cc2)cc1.CC. The Labute approximate surface area is 124 Å². The van der Waals surface area contributed by atoms with Crippen LogP contribution in [0.5, 0.6) is 0 Å². The molecule has 0 aromatic heterocycles. The molecule has 1 unspecified atom stereocenters. The van der Waals surface area contributed by atoms with E-state index in [2.05, 4.69) is 69.0 Å². The highest BCUT2D eigenvalue weighted by atomic mass is 14.2. The summed E-state index contributed by atoms with van der Waals surface area (Å²) >= 11 is 0. The number of rotatable bonds is 4. The topological polar surface area (TPSA) is 0 Å². The van der Waals surface area contributed by atoms with E-state index < -0.39 is 0 Å². The van der Waals surface area contributed by atoms with Crippen molar-refractivity contribution in [3.8, 4) is 0 Å². The van der Waals surface area contributed by atoms with Crippen LogP contribution in [-0.4, -0.2) is 0 Å². The average molecular weight is 266 g/mol. The molecule has 0 aliphatic carbocycles. The molecule has 0 amide bonds. The van der Waals surface area contributed by atoms with Crippen molar-refractivity contribution < 1.29 is 0 Å². The van der Waals surface area contributed by atoms with Crippen molar-refractivity contribution in [3.63, 3.8) is 0 Å². The first kappa shape index (κ1) is 16.2. The predicted octanol–water partition coefficient (Wildman–Crippen LogP) is 6.21. The lowest BCUT2D eigenvalue weighted by molar-refractivity contribution is 0.777. The van der Waals surface area contributed by atoms with E-state index in [1.54, 1.807) is 0 Å². The van der Waals surface area contributed by atoms with Crippen LogP contribution in [0, 0.1) is 6.92 Å². The highest BCUT2D eigenvalue weighted by Crippen LogP contribution is 2.28. The Morgan fingerprint density at radius 3 is 1.75 bits per heavy atom. The minimum absolute atomic E-state index is 0.490. The number of benzene rings is 2. The van der Waals surface area contributed by atoms with Crippen molar-refractivity contribution in [2.75, 3.05) is 0 Å². The summed E-state index contributed by atoms with van der Waals surface area (Å²) in [6, 6.07) is 17.6. The van der Waals surface area contributed by atoms with Gasteiger partial charge in [-0.05, 0) is 30.0 Å². The van der Waals surface area contributed by atoms with E-state index >= 15 is 0 Å². The molecule has 1 atom stereocenters. The predicted molar refractivity (Wildman–Crippen MR) is 91.2 cm³/mol. The van der Waals surface area contributed by atoms with Gasteiger partial charge in [-0.1, -0.05) is 87.5 Å². The van der Waals surface area contributed by atoms with E-state index in [0.717, 1.165) is 6.42 Å². The quantitative estimate of drug-likeness (QED) is 0.617. The van der Waals surface area contributed by atoms with Crippen LogP contribution < -0.4 is 0 Å². The standard InChI is InChI=1S/C18H20.C2H6/c1-4-15-8-12-17(13-9-15)18(5-2)16-10-6-14(3)7-11-16;1-2/h4,6-13,18H,1,5H2,2-3H3;1-2H3. The second kappa shape index (κ2) is 8.37. The van der Waals surface area contributed by atoms with Crippen LogP contribution in [0.15, 0.2) is 55.1 Å². The Bertz CT molecular complexity index is 503. The maximum atomic E-state index is 3.79. The Hall–Kier alpha value is -1.82. The minimum atomic E-state index is 0.490. The molecule has 0 bridgehead atoms. The molecule has 0 saturated carbocycles. The van der Waals surface area contributed by atoms with Crippen molar-refractivity contribution in [1.82, 2.24) is 0 Å². The lowest BCUT2D eigenvalue weighted by Crippen LogP contribution is -1.99.